The molecule has 0 radical (unpaired) electrons. The average molecular weight is 466 g/mol. The van der Waals surface area contributed by atoms with E-state index in [4.69, 9.17) is 0 Å². The normalized spacial score (nSPS) is 19.1. The molecule has 172 valence electrons. The number of amides is 3. The molecule has 1 aromatic heterocycles. The molecule has 0 bridgehead atoms. The van der Waals surface area contributed by atoms with E-state index >= 15 is 0 Å². The molecule has 0 aliphatic carbocycles. The molecule has 2 N–H and O–H groups in total. The van der Waals surface area contributed by atoms with Gasteiger partial charge in [-0.15, -0.1) is 0 Å². The molecule has 2 aromatic rings. The van der Waals surface area contributed by atoms with Crippen LogP contribution in [0.5, 0.6) is 0 Å². The molecule has 2 atom stereocenters. The third-order valence-corrected chi connectivity index (χ3v) is 6.90. The Labute approximate surface area is 197 Å². The minimum absolute atomic E-state index is 0.0415. The number of nitrogens with zero attached hydrogens (tertiary/aromatic N) is 3. The first-order chi connectivity index (χ1) is 16.0. The predicted octanol–water partition coefficient (Wildman–Crippen LogP) is 3.39. The monoisotopic (exact) mass is 465 g/mol. The molecule has 9 heteroatoms. The van der Waals surface area contributed by atoms with E-state index in [9.17, 15) is 14.4 Å². The Morgan fingerprint density at radius 1 is 1.15 bits per heavy atom. The highest BCUT2D eigenvalue weighted by atomic mass is 32.2. The van der Waals surface area contributed by atoms with Gasteiger partial charge >= 0.3 is 0 Å². The van der Waals surface area contributed by atoms with Crippen molar-refractivity contribution in [3.05, 3.63) is 59.9 Å². The topological polar surface area (TPSA) is 104 Å². The molecule has 1 fully saturated rings. The van der Waals surface area contributed by atoms with Crippen LogP contribution in [-0.2, 0) is 9.59 Å². The standard InChI is InChI=1S/C24H27N5O3S/c1-16(17-8-10-25-11-9-17)26-22(31)18-6-5-7-19(14-18)27-21(30)15-20-23(32)28-24(33-20)29-12-3-2-4-13-29/h5-11,14,16,20H,2-4,12-13,15H2,1H3,(H,26,31)(H,27,30)/t16-,20-/m1/s1. The van der Waals surface area contributed by atoms with Crippen molar-refractivity contribution in [3.8, 4) is 0 Å². The fourth-order valence-electron chi connectivity index (χ4n) is 3.86. The number of rotatable bonds is 6. The van der Waals surface area contributed by atoms with E-state index in [1.54, 1.807) is 36.7 Å². The van der Waals surface area contributed by atoms with E-state index in [1.165, 1.54) is 18.2 Å². The summed E-state index contributed by atoms with van der Waals surface area (Å²) in [6.45, 7) is 3.72. The van der Waals surface area contributed by atoms with E-state index in [2.05, 4.69) is 25.5 Å². The summed E-state index contributed by atoms with van der Waals surface area (Å²) in [7, 11) is 0. The quantitative estimate of drug-likeness (QED) is 0.678. The van der Waals surface area contributed by atoms with Crippen molar-refractivity contribution in [2.45, 2.75) is 43.9 Å². The van der Waals surface area contributed by atoms with Crippen LogP contribution in [0.2, 0.25) is 0 Å². The van der Waals surface area contributed by atoms with Gasteiger partial charge in [0.1, 0.15) is 5.25 Å². The van der Waals surface area contributed by atoms with Crippen LogP contribution in [0.1, 0.15) is 54.6 Å². The summed E-state index contributed by atoms with van der Waals surface area (Å²) in [6, 6.07) is 10.3. The number of likely N-dealkylation sites (tertiary alicyclic amines) is 1. The molecule has 2 aliphatic heterocycles. The van der Waals surface area contributed by atoms with E-state index in [0.29, 0.717) is 11.3 Å². The van der Waals surface area contributed by atoms with Crippen LogP contribution in [-0.4, -0.2) is 51.1 Å². The molecule has 3 heterocycles. The molecule has 33 heavy (non-hydrogen) atoms. The number of aliphatic imine (C=N–C) groups is 1. The second kappa shape index (κ2) is 10.6. The average Bonchev–Trinajstić information content (AvgIpc) is 3.20. The molecule has 1 aromatic carbocycles. The van der Waals surface area contributed by atoms with E-state index in [0.717, 1.165) is 36.7 Å². The first-order valence-corrected chi connectivity index (χ1v) is 12.0. The minimum Gasteiger partial charge on any atom is -0.351 e. The maximum atomic E-state index is 12.7. The molecule has 1 saturated heterocycles. The number of thioether (sulfide) groups is 1. The summed E-state index contributed by atoms with van der Waals surface area (Å²) in [6.07, 6.45) is 6.81. The first-order valence-electron chi connectivity index (χ1n) is 11.1. The van der Waals surface area contributed by atoms with Crippen molar-refractivity contribution in [1.82, 2.24) is 15.2 Å². The highest BCUT2D eigenvalue weighted by molar-refractivity contribution is 8.15. The Bertz CT molecular complexity index is 1050. The number of aromatic nitrogens is 1. The van der Waals surface area contributed by atoms with Crippen LogP contribution in [0.15, 0.2) is 53.8 Å². The second-order valence-corrected chi connectivity index (χ2v) is 9.37. The zero-order chi connectivity index (χ0) is 23.2. The largest absolute Gasteiger partial charge is 0.351 e. The molecule has 2 aliphatic rings. The Morgan fingerprint density at radius 3 is 2.67 bits per heavy atom. The number of piperidine rings is 1. The van der Waals surface area contributed by atoms with Gasteiger partial charge in [0, 0.05) is 43.2 Å². The van der Waals surface area contributed by atoms with Gasteiger partial charge in [-0.25, -0.2) is 0 Å². The molecule has 0 saturated carbocycles. The van der Waals surface area contributed by atoms with Crippen molar-refractivity contribution in [2.24, 2.45) is 4.99 Å². The van der Waals surface area contributed by atoms with Crippen molar-refractivity contribution >= 4 is 40.3 Å². The molecular weight excluding hydrogens is 438 g/mol. The SMILES string of the molecule is C[C@@H](NC(=O)c1cccc(NC(=O)C[C@H]2SC(N3CCCCC3)=NC2=O)c1)c1ccncc1. The molecule has 4 rings (SSSR count). The minimum atomic E-state index is -0.505. The zero-order valence-corrected chi connectivity index (χ0v) is 19.3. The number of benzene rings is 1. The van der Waals surface area contributed by atoms with Crippen molar-refractivity contribution in [1.29, 1.82) is 0 Å². The molecule has 8 nitrogen and oxygen atoms in total. The van der Waals surface area contributed by atoms with E-state index < -0.39 is 5.25 Å². The molecular formula is C24H27N5O3S. The number of hydrogen-bond acceptors (Lipinski definition) is 6. The van der Waals surface area contributed by atoms with Gasteiger partial charge in [-0.1, -0.05) is 17.8 Å². The lowest BCUT2D eigenvalue weighted by Gasteiger charge is -2.27. The van der Waals surface area contributed by atoms with Crippen LogP contribution in [0.4, 0.5) is 5.69 Å². The Morgan fingerprint density at radius 2 is 1.91 bits per heavy atom. The smallest absolute Gasteiger partial charge is 0.262 e. The molecule has 0 unspecified atom stereocenters. The number of carbonyl (C=O) groups is 3. The lowest BCUT2D eigenvalue weighted by Crippen LogP contribution is -2.33. The van der Waals surface area contributed by atoms with Gasteiger partial charge in [-0.3, -0.25) is 19.4 Å². The third kappa shape index (κ3) is 5.98. The van der Waals surface area contributed by atoms with Gasteiger partial charge < -0.3 is 15.5 Å². The third-order valence-electron chi connectivity index (χ3n) is 5.69. The highest BCUT2D eigenvalue weighted by Gasteiger charge is 2.33. The van der Waals surface area contributed by atoms with Gasteiger partial charge in [-0.2, -0.15) is 4.99 Å². The maximum absolute atomic E-state index is 12.7. The van der Waals surface area contributed by atoms with Crippen molar-refractivity contribution < 1.29 is 14.4 Å². The number of carbonyl (C=O) groups excluding carboxylic acids is 3. The number of anilines is 1. The molecule has 0 spiro atoms. The van der Waals surface area contributed by atoms with Crippen LogP contribution in [0, 0.1) is 0 Å². The number of amidine groups is 1. The zero-order valence-electron chi connectivity index (χ0n) is 18.5. The van der Waals surface area contributed by atoms with E-state index in [1.807, 2.05) is 19.1 Å². The fraction of sp³-hybridized carbons (Fsp3) is 0.375. The first kappa shape index (κ1) is 23.0. The van der Waals surface area contributed by atoms with Crippen molar-refractivity contribution in [2.75, 3.05) is 18.4 Å². The predicted molar refractivity (Wildman–Crippen MR) is 129 cm³/mol. The number of pyridine rings is 1. The second-order valence-electron chi connectivity index (χ2n) is 8.20. The summed E-state index contributed by atoms with van der Waals surface area (Å²) in [5.74, 6) is -0.774. The van der Waals surface area contributed by atoms with Crippen LogP contribution >= 0.6 is 11.8 Å². The number of hydrogen-bond donors (Lipinski definition) is 2. The summed E-state index contributed by atoms with van der Waals surface area (Å²) >= 11 is 1.37. The van der Waals surface area contributed by atoms with Gasteiger partial charge in [0.15, 0.2) is 5.17 Å². The summed E-state index contributed by atoms with van der Waals surface area (Å²) < 4.78 is 0. The van der Waals surface area contributed by atoms with Crippen molar-refractivity contribution in [3.63, 3.8) is 0 Å². The van der Waals surface area contributed by atoms with Gasteiger partial charge in [0.2, 0.25) is 5.91 Å². The van der Waals surface area contributed by atoms with Crippen LogP contribution < -0.4 is 10.6 Å². The Kier molecular flexibility index (Phi) is 7.39. The Balaban J connectivity index is 1.31. The maximum Gasteiger partial charge on any atom is 0.262 e. The lowest BCUT2D eigenvalue weighted by atomic mass is 10.1. The van der Waals surface area contributed by atoms with Gasteiger partial charge in [-0.05, 0) is 62.1 Å². The Hall–Kier alpha value is -3.20. The fourth-order valence-corrected chi connectivity index (χ4v) is 4.98. The lowest BCUT2D eigenvalue weighted by molar-refractivity contribution is -0.121. The van der Waals surface area contributed by atoms with Gasteiger partial charge in [0.05, 0.1) is 6.04 Å². The number of nitrogens with one attached hydrogen (secondary N) is 2. The molecule has 3 amide bonds. The summed E-state index contributed by atoms with van der Waals surface area (Å²) in [4.78, 5) is 47.9. The summed E-state index contributed by atoms with van der Waals surface area (Å²) in [5, 5.41) is 5.98. The summed E-state index contributed by atoms with van der Waals surface area (Å²) in [5.41, 5.74) is 1.90. The highest BCUT2D eigenvalue weighted by Crippen LogP contribution is 2.29. The van der Waals surface area contributed by atoms with Gasteiger partial charge in [0.25, 0.3) is 11.8 Å². The van der Waals surface area contributed by atoms with E-state index in [-0.39, 0.29) is 30.2 Å². The van der Waals surface area contributed by atoms with Crippen LogP contribution in [0.3, 0.4) is 0 Å². The van der Waals surface area contributed by atoms with Crippen LogP contribution in [0.25, 0.3) is 0 Å².